The predicted octanol–water partition coefficient (Wildman–Crippen LogP) is 2.27. The number of aryl methyl sites for hydroxylation is 1. The van der Waals surface area contributed by atoms with E-state index in [1.165, 1.54) is 5.56 Å². The van der Waals surface area contributed by atoms with Crippen LogP contribution in [0.1, 0.15) is 28.6 Å². The Balaban J connectivity index is 1.51. The molecular weight excluding hydrogens is 350 g/mol. The van der Waals surface area contributed by atoms with E-state index >= 15 is 0 Å². The Morgan fingerprint density at radius 3 is 2.79 bits per heavy atom. The summed E-state index contributed by atoms with van der Waals surface area (Å²) in [5.41, 5.74) is 4.36. The molecule has 3 heterocycles. The van der Waals surface area contributed by atoms with Gasteiger partial charge in [-0.2, -0.15) is 0 Å². The number of fused-ring (bicyclic) bond motifs is 1. The number of amides is 1. The van der Waals surface area contributed by atoms with Gasteiger partial charge in [0.15, 0.2) is 0 Å². The van der Waals surface area contributed by atoms with E-state index in [-0.39, 0.29) is 11.9 Å². The van der Waals surface area contributed by atoms with Crippen LogP contribution in [0, 0.1) is 0 Å². The zero-order chi connectivity index (χ0) is 19.3. The van der Waals surface area contributed by atoms with Crippen LogP contribution in [0.15, 0.2) is 61.2 Å². The highest BCUT2D eigenvalue weighted by Gasteiger charge is 2.35. The van der Waals surface area contributed by atoms with Crippen molar-refractivity contribution in [1.29, 1.82) is 0 Å². The standard InChI is InChI=1S/C22H25N5O/c1-26-16-25-19-10-13-27(15-18-6-3-2-4-7-18)21(20(19)26)22(28)24-12-9-17-8-5-11-23-14-17/h2-8,11,14,16,21H,9-10,12-13,15H2,1H3,(H,24,28)/t21-/m0/s1. The number of hydrogen-bond donors (Lipinski definition) is 1. The molecule has 0 saturated carbocycles. The molecule has 2 aromatic heterocycles. The lowest BCUT2D eigenvalue weighted by Gasteiger charge is -2.35. The zero-order valence-corrected chi connectivity index (χ0v) is 16.1. The molecule has 6 nitrogen and oxygen atoms in total. The lowest BCUT2D eigenvalue weighted by atomic mass is 10.0. The molecule has 1 atom stereocenters. The summed E-state index contributed by atoms with van der Waals surface area (Å²) in [5.74, 6) is 0.0318. The fraction of sp³-hybridized carbons (Fsp3) is 0.318. The van der Waals surface area contributed by atoms with Crippen LogP contribution in [-0.2, 0) is 31.2 Å². The highest BCUT2D eigenvalue weighted by Crippen LogP contribution is 2.30. The third kappa shape index (κ3) is 3.97. The maximum atomic E-state index is 13.2. The molecule has 0 aliphatic carbocycles. The lowest BCUT2D eigenvalue weighted by Crippen LogP contribution is -2.45. The van der Waals surface area contributed by atoms with Crippen molar-refractivity contribution in [2.75, 3.05) is 13.1 Å². The molecule has 0 unspecified atom stereocenters. The van der Waals surface area contributed by atoms with Crippen molar-refractivity contribution < 1.29 is 4.79 Å². The van der Waals surface area contributed by atoms with E-state index in [1.54, 1.807) is 6.20 Å². The largest absolute Gasteiger partial charge is 0.354 e. The highest BCUT2D eigenvalue weighted by molar-refractivity contribution is 5.83. The van der Waals surface area contributed by atoms with Gasteiger partial charge in [-0.25, -0.2) is 4.98 Å². The predicted molar refractivity (Wildman–Crippen MR) is 107 cm³/mol. The molecule has 28 heavy (non-hydrogen) atoms. The lowest BCUT2D eigenvalue weighted by molar-refractivity contribution is -0.127. The average molecular weight is 375 g/mol. The van der Waals surface area contributed by atoms with E-state index in [4.69, 9.17) is 0 Å². The topological polar surface area (TPSA) is 63.1 Å². The first-order valence-electron chi connectivity index (χ1n) is 9.67. The second-order valence-electron chi connectivity index (χ2n) is 7.20. The average Bonchev–Trinajstić information content (AvgIpc) is 3.10. The van der Waals surface area contributed by atoms with Gasteiger partial charge in [-0.1, -0.05) is 36.4 Å². The molecule has 0 radical (unpaired) electrons. The Morgan fingerprint density at radius 1 is 1.18 bits per heavy atom. The Bertz CT molecular complexity index is 923. The molecule has 3 aromatic rings. The maximum absolute atomic E-state index is 13.2. The van der Waals surface area contributed by atoms with Gasteiger partial charge in [0.25, 0.3) is 0 Å². The Labute approximate surface area is 165 Å². The van der Waals surface area contributed by atoms with E-state index in [9.17, 15) is 4.79 Å². The molecule has 6 heteroatoms. The zero-order valence-electron chi connectivity index (χ0n) is 16.1. The highest BCUT2D eigenvalue weighted by atomic mass is 16.2. The first-order valence-corrected chi connectivity index (χ1v) is 9.67. The van der Waals surface area contributed by atoms with Crippen molar-refractivity contribution in [2.45, 2.75) is 25.4 Å². The normalized spacial score (nSPS) is 16.5. The molecule has 0 fully saturated rings. The SMILES string of the molecule is Cn1cnc2c1[C@@H](C(=O)NCCc1cccnc1)N(Cc1ccccc1)CC2. The fourth-order valence-electron chi connectivity index (χ4n) is 3.83. The van der Waals surface area contributed by atoms with Crippen LogP contribution in [0.2, 0.25) is 0 Å². The van der Waals surface area contributed by atoms with Crippen LogP contribution in [0.3, 0.4) is 0 Å². The summed E-state index contributed by atoms with van der Waals surface area (Å²) in [6, 6.07) is 13.9. The van der Waals surface area contributed by atoms with Crippen molar-refractivity contribution in [1.82, 2.24) is 24.8 Å². The molecule has 1 aliphatic heterocycles. The molecule has 144 valence electrons. The molecular formula is C22H25N5O. The smallest absolute Gasteiger partial charge is 0.243 e. The van der Waals surface area contributed by atoms with E-state index in [2.05, 4.69) is 32.3 Å². The van der Waals surface area contributed by atoms with Gasteiger partial charge < -0.3 is 9.88 Å². The molecule has 0 bridgehead atoms. The molecule has 4 rings (SSSR count). The van der Waals surface area contributed by atoms with Crippen LogP contribution in [0.4, 0.5) is 0 Å². The fourth-order valence-corrected chi connectivity index (χ4v) is 3.83. The number of imidazole rings is 1. The van der Waals surface area contributed by atoms with Gasteiger partial charge >= 0.3 is 0 Å². The number of aromatic nitrogens is 3. The van der Waals surface area contributed by atoms with Crippen molar-refractivity contribution in [3.63, 3.8) is 0 Å². The van der Waals surface area contributed by atoms with Gasteiger partial charge in [-0.15, -0.1) is 0 Å². The Kier molecular flexibility index (Phi) is 5.48. The molecule has 1 N–H and O–H groups in total. The minimum atomic E-state index is -0.328. The first-order chi connectivity index (χ1) is 13.7. The second kappa shape index (κ2) is 8.35. The molecule has 1 aliphatic rings. The Hall–Kier alpha value is -2.99. The second-order valence-corrected chi connectivity index (χ2v) is 7.20. The van der Waals surface area contributed by atoms with Crippen molar-refractivity contribution >= 4 is 5.91 Å². The summed E-state index contributed by atoms with van der Waals surface area (Å²) in [7, 11) is 1.97. The van der Waals surface area contributed by atoms with Crippen molar-refractivity contribution in [2.24, 2.45) is 7.05 Å². The van der Waals surface area contributed by atoms with Gasteiger partial charge in [-0.3, -0.25) is 14.7 Å². The monoisotopic (exact) mass is 375 g/mol. The first kappa shape index (κ1) is 18.4. The van der Waals surface area contributed by atoms with Crippen LogP contribution in [-0.4, -0.2) is 38.4 Å². The summed E-state index contributed by atoms with van der Waals surface area (Å²) >= 11 is 0. The number of hydrogen-bond acceptors (Lipinski definition) is 4. The number of benzene rings is 1. The summed E-state index contributed by atoms with van der Waals surface area (Å²) < 4.78 is 1.98. The van der Waals surface area contributed by atoms with Crippen LogP contribution < -0.4 is 5.32 Å². The minimum Gasteiger partial charge on any atom is -0.354 e. The quantitative estimate of drug-likeness (QED) is 0.718. The van der Waals surface area contributed by atoms with Crippen molar-refractivity contribution in [3.8, 4) is 0 Å². The number of nitrogens with zero attached hydrogens (tertiary/aromatic N) is 4. The third-order valence-electron chi connectivity index (χ3n) is 5.23. The number of rotatable bonds is 6. The van der Waals surface area contributed by atoms with Crippen molar-refractivity contribution in [3.05, 3.63) is 83.7 Å². The van der Waals surface area contributed by atoms with Gasteiger partial charge in [0.05, 0.1) is 17.7 Å². The van der Waals surface area contributed by atoms with E-state index in [1.807, 2.05) is 54.5 Å². The number of nitrogens with one attached hydrogen (secondary N) is 1. The van der Waals surface area contributed by atoms with E-state index < -0.39 is 0 Å². The summed E-state index contributed by atoms with van der Waals surface area (Å²) in [5, 5.41) is 3.13. The van der Waals surface area contributed by atoms with Gasteiger partial charge in [0.2, 0.25) is 5.91 Å². The number of carbonyl (C=O) groups excluding carboxylic acids is 1. The van der Waals surface area contributed by atoms with Crippen LogP contribution >= 0.6 is 0 Å². The molecule has 0 saturated heterocycles. The van der Waals surface area contributed by atoms with Gasteiger partial charge in [0, 0.05) is 45.5 Å². The Morgan fingerprint density at radius 2 is 2.00 bits per heavy atom. The maximum Gasteiger partial charge on any atom is 0.243 e. The summed E-state index contributed by atoms with van der Waals surface area (Å²) in [6.45, 7) is 2.15. The van der Waals surface area contributed by atoms with Crippen LogP contribution in [0.5, 0.6) is 0 Å². The number of carbonyl (C=O) groups is 1. The van der Waals surface area contributed by atoms with E-state index in [0.717, 1.165) is 42.9 Å². The third-order valence-corrected chi connectivity index (χ3v) is 5.23. The van der Waals surface area contributed by atoms with Crippen LogP contribution in [0.25, 0.3) is 0 Å². The van der Waals surface area contributed by atoms with E-state index in [0.29, 0.717) is 6.54 Å². The number of pyridine rings is 1. The van der Waals surface area contributed by atoms with Gasteiger partial charge in [0.1, 0.15) is 6.04 Å². The molecule has 1 amide bonds. The summed E-state index contributed by atoms with van der Waals surface area (Å²) in [6.07, 6.45) is 7.04. The van der Waals surface area contributed by atoms with Gasteiger partial charge in [-0.05, 0) is 23.6 Å². The summed E-state index contributed by atoms with van der Waals surface area (Å²) in [4.78, 5) is 24.1. The molecule has 0 spiro atoms. The molecule has 1 aromatic carbocycles. The minimum absolute atomic E-state index is 0.0318.